The van der Waals surface area contributed by atoms with Crippen molar-refractivity contribution in [1.29, 1.82) is 0 Å². The second-order valence-electron chi connectivity index (χ2n) is 6.91. The minimum atomic E-state index is -0.568. The number of benzene rings is 2. The molecule has 3 aromatic rings. The van der Waals surface area contributed by atoms with Crippen LogP contribution in [0.3, 0.4) is 0 Å². The maximum absolute atomic E-state index is 13.3. The Morgan fingerprint density at radius 3 is 2.72 bits per heavy atom. The van der Waals surface area contributed by atoms with Gasteiger partial charge in [0.05, 0.1) is 12.6 Å². The number of hydrogen-bond acceptors (Lipinski definition) is 5. The van der Waals surface area contributed by atoms with E-state index in [-0.39, 0.29) is 11.9 Å². The summed E-state index contributed by atoms with van der Waals surface area (Å²) in [5, 5.41) is 10.5. The van der Waals surface area contributed by atoms with E-state index in [9.17, 15) is 4.79 Å². The van der Waals surface area contributed by atoms with Crippen LogP contribution in [0.5, 0.6) is 5.75 Å². The molecule has 0 aliphatic carbocycles. The maximum atomic E-state index is 13.3. The van der Waals surface area contributed by atoms with Crippen molar-refractivity contribution >= 4 is 17.5 Å². The van der Waals surface area contributed by atoms with Gasteiger partial charge in [0.2, 0.25) is 11.9 Å². The Morgan fingerprint density at radius 1 is 1.24 bits per heavy atom. The molecule has 0 saturated heterocycles. The first-order valence-electron chi connectivity index (χ1n) is 9.53. The average molecular weight is 389 g/mol. The van der Waals surface area contributed by atoms with Crippen molar-refractivity contribution in [1.82, 2.24) is 14.8 Å². The van der Waals surface area contributed by atoms with Crippen LogP contribution in [-0.2, 0) is 4.79 Å². The summed E-state index contributed by atoms with van der Waals surface area (Å²) in [7, 11) is 0. The Balaban J connectivity index is 1.71. The minimum absolute atomic E-state index is 0.156. The predicted molar refractivity (Wildman–Crippen MR) is 112 cm³/mol. The van der Waals surface area contributed by atoms with E-state index in [1.807, 2.05) is 62.4 Å². The summed E-state index contributed by atoms with van der Waals surface area (Å²) < 4.78 is 7.27. The Bertz CT molecular complexity index is 1040. The van der Waals surface area contributed by atoms with Crippen molar-refractivity contribution in [2.45, 2.75) is 19.9 Å². The monoisotopic (exact) mass is 389 g/mol. The van der Waals surface area contributed by atoms with E-state index in [2.05, 4.69) is 27.3 Å². The predicted octanol–water partition coefficient (Wildman–Crippen LogP) is 3.77. The molecule has 0 radical (unpaired) electrons. The lowest BCUT2D eigenvalue weighted by Gasteiger charge is -2.34. The number of carbonyl (C=O) groups is 1. The van der Waals surface area contributed by atoms with E-state index in [0.717, 1.165) is 22.6 Å². The maximum Gasteiger partial charge on any atom is 0.235 e. The van der Waals surface area contributed by atoms with Crippen LogP contribution in [0.15, 0.2) is 67.1 Å². The molecule has 7 heteroatoms. The normalized spacial score (nSPS) is 17.9. The van der Waals surface area contributed by atoms with E-state index in [1.165, 1.54) is 6.33 Å². The molecule has 0 spiro atoms. The summed E-state index contributed by atoms with van der Waals surface area (Å²) in [6.07, 6.45) is 1.47. The number of anilines is 2. The third kappa shape index (κ3) is 3.59. The molecule has 0 unspecified atom stereocenters. The molecule has 4 rings (SSSR count). The lowest BCUT2D eigenvalue weighted by Crippen LogP contribution is -2.39. The number of aromatic nitrogens is 3. The molecule has 29 heavy (non-hydrogen) atoms. The Kier molecular flexibility index (Phi) is 5.03. The van der Waals surface area contributed by atoms with Gasteiger partial charge in [-0.3, -0.25) is 4.79 Å². The Hall–Kier alpha value is -3.61. The average Bonchev–Trinajstić information content (AvgIpc) is 3.17. The van der Waals surface area contributed by atoms with Gasteiger partial charge >= 0.3 is 0 Å². The van der Waals surface area contributed by atoms with Gasteiger partial charge in [0.1, 0.15) is 18.0 Å². The van der Waals surface area contributed by atoms with Crippen molar-refractivity contribution < 1.29 is 9.53 Å². The van der Waals surface area contributed by atoms with Crippen LogP contribution in [0.2, 0.25) is 0 Å². The van der Waals surface area contributed by atoms with E-state index < -0.39 is 5.92 Å². The van der Waals surface area contributed by atoms with Crippen LogP contribution in [0.1, 0.15) is 24.1 Å². The summed E-state index contributed by atoms with van der Waals surface area (Å²) in [4.78, 5) is 17.6. The van der Waals surface area contributed by atoms with Crippen molar-refractivity contribution in [2.24, 2.45) is 5.92 Å². The van der Waals surface area contributed by atoms with Crippen molar-refractivity contribution in [3.63, 3.8) is 0 Å². The molecule has 2 atom stereocenters. The van der Waals surface area contributed by atoms with Gasteiger partial charge in [0.15, 0.2) is 0 Å². The summed E-state index contributed by atoms with van der Waals surface area (Å²) in [5.41, 5.74) is 3.28. The molecule has 1 aliphatic heterocycles. The number of hydrogen-bond donors (Lipinski definition) is 2. The SMILES string of the molecule is C=C1Nc2ncnn2[C@H](c2ccc(OCC)cc2)[C@H]1C(=O)Nc1ccccc1C. The lowest BCUT2D eigenvalue weighted by molar-refractivity contribution is -0.119. The quantitative estimate of drug-likeness (QED) is 0.694. The highest BCUT2D eigenvalue weighted by Gasteiger charge is 2.39. The number of nitrogens with one attached hydrogen (secondary N) is 2. The molecule has 2 heterocycles. The molecule has 0 bridgehead atoms. The van der Waals surface area contributed by atoms with Crippen LogP contribution >= 0.6 is 0 Å². The molecular weight excluding hydrogens is 366 g/mol. The van der Waals surface area contributed by atoms with Gasteiger partial charge in [0, 0.05) is 11.4 Å². The van der Waals surface area contributed by atoms with Crippen molar-refractivity contribution in [3.05, 3.63) is 78.3 Å². The van der Waals surface area contributed by atoms with Crippen LogP contribution in [0, 0.1) is 12.8 Å². The fourth-order valence-corrected chi connectivity index (χ4v) is 3.58. The number of carbonyl (C=O) groups excluding carboxylic acids is 1. The number of fused-ring (bicyclic) bond motifs is 1. The zero-order valence-corrected chi connectivity index (χ0v) is 16.4. The van der Waals surface area contributed by atoms with E-state index in [4.69, 9.17) is 4.74 Å². The molecule has 2 aromatic carbocycles. The Labute approximate surface area is 169 Å². The highest BCUT2D eigenvalue weighted by atomic mass is 16.5. The summed E-state index contributed by atoms with van der Waals surface area (Å²) in [6.45, 7) is 8.60. The first-order chi connectivity index (χ1) is 14.1. The number of aryl methyl sites for hydroxylation is 1. The fourth-order valence-electron chi connectivity index (χ4n) is 3.58. The van der Waals surface area contributed by atoms with Gasteiger partial charge in [-0.25, -0.2) is 4.68 Å². The fraction of sp³-hybridized carbons (Fsp3) is 0.227. The molecule has 1 amide bonds. The molecule has 1 aliphatic rings. The number of nitrogens with zero attached hydrogens (tertiary/aromatic N) is 3. The number of para-hydroxylation sites is 1. The first kappa shape index (κ1) is 18.7. The van der Waals surface area contributed by atoms with Gasteiger partial charge in [0.25, 0.3) is 0 Å². The van der Waals surface area contributed by atoms with Crippen molar-refractivity contribution in [2.75, 3.05) is 17.2 Å². The zero-order chi connectivity index (χ0) is 20.4. The highest BCUT2D eigenvalue weighted by Crippen LogP contribution is 2.38. The summed E-state index contributed by atoms with van der Waals surface area (Å²) >= 11 is 0. The van der Waals surface area contributed by atoms with E-state index in [0.29, 0.717) is 18.3 Å². The van der Waals surface area contributed by atoms with Crippen molar-refractivity contribution in [3.8, 4) is 5.75 Å². The van der Waals surface area contributed by atoms with Gasteiger partial charge in [-0.1, -0.05) is 36.9 Å². The van der Waals surface area contributed by atoms with E-state index in [1.54, 1.807) is 4.68 Å². The topological polar surface area (TPSA) is 81.1 Å². The standard InChI is InChI=1S/C22H23N5O2/c1-4-29-17-11-9-16(10-12-17)20-19(15(3)25-22-23-13-24-27(20)22)21(28)26-18-8-6-5-7-14(18)2/h5-13,19-20H,3-4H2,1-2H3,(H,26,28)(H,23,24,25)/t19-,20+/m0/s1. The number of amides is 1. The first-order valence-corrected chi connectivity index (χ1v) is 9.53. The van der Waals surface area contributed by atoms with Gasteiger partial charge in [-0.2, -0.15) is 10.1 Å². The second-order valence-corrected chi connectivity index (χ2v) is 6.91. The number of ether oxygens (including phenoxy) is 1. The Morgan fingerprint density at radius 2 is 2.00 bits per heavy atom. The van der Waals surface area contributed by atoms with Crippen LogP contribution in [0.25, 0.3) is 0 Å². The minimum Gasteiger partial charge on any atom is -0.494 e. The molecule has 148 valence electrons. The molecule has 2 N–H and O–H groups in total. The summed E-state index contributed by atoms with van der Waals surface area (Å²) in [5.74, 6) is 0.621. The zero-order valence-electron chi connectivity index (χ0n) is 16.4. The largest absolute Gasteiger partial charge is 0.494 e. The van der Waals surface area contributed by atoms with Crippen LogP contribution < -0.4 is 15.4 Å². The summed E-state index contributed by atoms with van der Waals surface area (Å²) in [6, 6.07) is 15.0. The smallest absolute Gasteiger partial charge is 0.235 e. The second kappa shape index (κ2) is 7.79. The van der Waals surface area contributed by atoms with E-state index >= 15 is 0 Å². The van der Waals surface area contributed by atoms with Gasteiger partial charge < -0.3 is 15.4 Å². The third-order valence-electron chi connectivity index (χ3n) is 5.02. The molecular formula is C22H23N5O2. The van der Waals surface area contributed by atoms with Gasteiger partial charge in [-0.05, 0) is 43.2 Å². The molecule has 0 fully saturated rings. The highest BCUT2D eigenvalue weighted by molar-refractivity contribution is 5.96. The molecule has 0 saturated carbocycles. The molecule has 1 aromatic heterocycles. The third-order valence-corrected chi connectivity index (χ3v) is 5.02. The number of rotatable bonds is 5. The van der Waals surface area contributed by atoms with Crippen LogP contribution in [0.4, 0.5) is 11.6 Å². The lowest BCUT2D eigenvalue weighted by atomic mass is 9.88. The van der Waals surface area contributed by atoms with Gasteiger partial charge in [-0.15, -0.1) is 0 Å². The van der Waals surface area contributed by atoms with Crippen LogP contribution in [-0.4, -0.2) is 27.3 Å². The molecule has 7 nitrogen and oxygen atoms in total.